The second kappa shape index (κ2) is 5.96. The third-order valence-electron chi connectivity index (χ3n) is 4.89. The fourth-order valence-corrected chi connectivity index (χ4v) is 3.55. The number of benzene rings is 1. The molecule has 2 aliphatic carbocycles. The summed E-state index contributed by atoms with van der Waals surface area (Å²) in [4.78, 5) is 12.4. The first-order valence-electron chi connectivity index (χ1n) is 7.85. The van der Waals surface area contributed by atoms with E-state index in [0.29, 0.717) is 24.4 Å². The molecule has 0 spiro atoms. The molecule has 3 N–H and O–H groups in total. The van der Waals surface area contributed by atoms with Gasteiger partial charge in [-0.2, -0.15) is 0 Å². The van der Waals surface area contributed by atoms with Gasteiger partial charge in [0, 0.05) is 17.9 Å². The van der Waals surface area contributed by atoms with E-state index in [1.54, 1.807) is 0 Å². The standard InChI is InChI=1S/C17H24N2O/c18-11-13-8-4-5-9-14(13)17(20)19-16-10-15(16)12-6-2-1-3-7-12/h1-3,6-7,13-16H,4-5,8-11,18H2,(H,19,20). The minimum absolute atomic E-state index is 0.144. The second-order valence-corrected chi connectivity index (χ2v) is 6.25. The van der Waals surface area contributed by atoms with E-state index in [-0.39, 0.29) is 11.8 Å². The Kier molecular flexibility index (Phi) is 4.06. The van der Waals surface area contributed by atoms with Gasteiger partial charge in [0.2, 0.25) is 5.91 Å². The maximum absolute atomic E-state index is 12.4. The summed E-state index contributed by atoms with van der Waals surface area (Å²) < 4.78 is 0. The molecule has 1 aromatic carbocycles. The van der Waals surface area contributed by atoms with Gasteiger partial charge in [-0.1, -0.05) is 43.2 Å². The molecule has 4 unspecified atom stereocenters. The maximum atomic E-state index is 12.4. The quantitative estimate of drug-likeness (QED) is 0.884. The predicted molar refractivity (Wildman–Crippen MR) is 80.2 cm³/mol. The van der Waals surface area contributed by atoms with Gasteiger partial charge in [0.15, 0.2) is 0 Å². The van der Waals surface area contributed by atoms with Crippen LogP contribution in [0, 0.1) is 11.8 Å². The molecule has 2 aliphatic rings. The number of nitrogens with two attached hydrogens (primary N) is 1. The van der Waals surface area contributed by atoms with E-state index >= 15 is 0 Å². The van der Waals surface area contributed by atoms with Gasteiger partial charge in [-0.15, -0.1) is 0 Å². The first kappa shape index (κ1) is 13.6. The topological polar surface area (TPSA) is 55.1 Å². The van der Waals surface area contributed by atoms with Crippen LogP contribution in [0.4, 0.5) is 0 Å². The molecule has 0 bridgehead atoms. The van der Waals surface area contributed by atoms with E-state index in [2.05, 4.69) is 29.6 Å². The number of amides is 1. The highest BCUT2D eigenvalue weighted by atomic mass is 16.2. The number of carbonyl (C=O) groups is 1. The third-order valence-corrected chi connectivity index (χ3v) is 4.89. The highest BCUT2D eigenvalue weighted by Gasteiger charge is 2.41. The van der Waals surface area contributed by atoms with E-state index in [9.17, 15) is 4.79 Å². The fourth-order valence-electron chi connectivity index (χ4n) is 3.55. The van der Waals surface area contributed by atoms with Crippen LogP contribution in [0.1, 0.15) is 43.6 Å². The van der Waals surface area contributed by atoms with Gasteiger partial charge in [0.25, 0.3) is 0 Å². The summed E-state index contributed by atoms with van der Waals surface area (Å²) in [5.74, 6) is 1.28. The Morgan fingerprint density at radius 3 is 2.70 bits per heavy atom. The van der Waals surface area contributed by atoms with E-state index in [0.717, 1.165) is 19.3 Å². The van der Waals surface area contributed by atoms with Crippen LogP contribution < -0.4 is 11.1 Å². The molecular formula is C17H24N2O. The van der Waals surface area contributed by atoms with Crippen molar-refractivity contribution in [3.05, 3.63) is 35.9 Å². The molecule has 0 saturated heterocycles. The molecule has 0 aliphatic heterocycles. The van der Waals surface area contributed by atoms with Gasteiger partial charge in [0.05, 0.1) is 0 Å². The second-order valence-electron chi connectivity index (χ2n) is 6.25. The van der Waals surface area contributed by atoms with E-state index in [1.807, 2.05) is 6.07 Å². The van der Waals surface area contributed by atoms with Crippen molar-refractivity contribution < 1.29 is 4.79 Å². The molecule has 3 nitrogen and oxygen atoms in total. The smallest absolute Gasteiger partial charge is 0.223 e. The van der Waals surface area contributed by atoms with E-state index < -0.39 is 0 Å². The molecule has 0 aromatic heterocycles. The summed E-state index contributed by atoms with van der Waals surface area (Å²) >= 11 is 0. The van der Waals surface area contributed by atoms with Crippen molar-refractivity contribution >= 4 is 5.91 Å². The molecule has 2 fully saturated rings. The van der Waals surface area contributed by atoms with Crippen LogP contribution in [-0.2, 0) is 4.79 Å². The van der Waals surface area contributed by atoms with Crippen molar-refractivity contribution in [1.82, 2.24) is 5.32 Å². The van der Waals surface area contributed by atoms with Gasteiger partial charge in [-0.05, 0) is 37.3 Å². The van der Waals surface area contributed by atoms with Gasteiger partial charge in [-0.3, -0.25) is 4.79 Å². The molecule has 1 aromatic rings. The Hall–Kier alpha value is -1.35. The van der Waals surface area contributed by atoms with Crippen LogP contribution in [-0.4, -0.2) is 18.5 Å². The zero-order valence-electron chi connectivity index (χ0n) is 11.9. The number of hydrogen-bond donors (Lipinski definition) is 2. The monoisotopic (exact) mass is 272 g/mol. The Morgan fingerprint density at radius 2 is 1.95 bits per heavy atom. The molecule has 108 valence electrons. The van der Waals surface area contributed by atoms with Crippen molar-refractivity contribution in [2.45, 2.75) is 44.1 Å². The average Bonchev–Trinajstić information content (AvgIpc) is 3.27. The Morgan fingerprint density at radius 1 is 1.20 bits per heavy atom. The van der Waals surface area contributed by atoms with Gasteiger partial charge in [-0.25, -0.2) is 0 Å². The average molecular weight is 272 g/mol. The zero-order chi connectivity index (χ0) is 13.9. The molecule has 3 heteroatoms. The van der Waals surface area contributed by atoms with Gasteiger partial charge >= 0.3 is 0 Å². The maximum Gasteiger partial charge on any atom is 0.223 e. The molecule has 4 atom stereocenters. The first-order chi connectivity index (χ1) is 9.79. The Balaban J connectivity index is 1.55. The molecule has 2 saturated carbocycles. The predicted octanol–water partition coefficient (Wildman–Crippen LogP) is 2.42. The lowest BCUT2D eigenvalue weighted by Crippen LogP contribution is -2.40. The van der Waals surface area contributed by atoms with Crippen LogP contribution in [0.2, 0.25) is 0 Å². The van der Waals surface area contributed by atoms with Crippen LogP contribution in [0.25, 0.3) is 0 Å². The van der Waals surface area contributed by atoms with Gasteiger partial charge in [0.1, 0.15) is 0 Å². The highest BCUT2D eigenvalue weighted by Crippen LogP contribution is 2.41. The number of hydrogen-bond acceptors (Lipinski definition) is 2. The largest absolute Gasteiger partial charge is 0.352 e. The van der Waals surface area contributed by atoms with Crippen LogP contribution in [0.5, 0.6) is 0 Å². The summed E-state index contributed by atoms with van der Waals surface area (Å²) in [5, 5.41) is 3.24. The first-order valence-corrected chi connectivity index (χ1v) is 7.85. The number of rotatable bonds is 4. The molecule has 1 amide bonds. The zero-order valence-corrected chi connectivity index (χ0v) is 11.9. The lowest BCUT2D eigenvalue weighted by atomic mass is 9.78. The Labute approximate surface area is 120 Å². The van der Waals surface area contributed by atoms with Crippen LogP contribution in [0.3, 0.4) is 0 Å². The number of carbonyl (C=O) groups excluding carboxylic acids is 1. The lowest BCUT2D eigenvalue weighted by molar-refractivity contribution is -0.127. The molecule has 3 rings (SSSR count). The lowest BCUT2D eigenvalue weighted by Gasteiger charge is -2.29. The summed E-state index contributed by atoms with van der Waals surface area (Å²) in [6.07, 6.45) is 5.59. The SMILES string of the molecule is NCC1CCCCC1C(=O)NC1CC1c1ccccc1. The molecular weight excluding hydrogens is 248 g/mol. The summed E-state index contributed by atoms with van der Waals surface area (Å²) in [7, 11) is 0. The summed E-state index contributed by atoms with van der Waals surface area (Å²) in [6, 6.07) is 10.8. The van der Waals surface area contributed by atoms with Crippen molar-refractivity contribution in [2.24, 2.45) is 17.6 Å². The van der Waals surface area contributed by atoms with Crippen molar-refractivity contribution in [3.8, 4) is 0 Å². The van der Waals surface area contributed by atoms with E-state index in [4.69, 9.17) is 5.73 Å². The minimum atomic E-state index is 0.144. The van der Waals surface area contributed by atoms with E-state index in [1.165, 1.54) is 18.4 Å². The molecule has 0 radical (unpaired) electrons. The summed E-state index contributed by atoms with van der Waals surface area (Å²) in [6.45, 7) is 0.644. The minimum Gasteiger partial charge on any atom is -0.352 e. The van der Waals surface area contributed by atoms with Crippen molar-refractivity contribution in [1.29, 1.82) is 0 Å². The summed E-state index contributed by atoms with van der Waals surface area (Å²) in [5.41, 5.74) is 7.16. The number of nitrogens with one attached hydrogen (secondary N) is 1. The molecule has 20 heavy (non-hydrogen) atoms. The van der Waals surface area contributed by atoms with Gasteiger partial charge < -0.3 is 11.1 Å². The molecule has 0 heterocycles. The van der Waals surface area contributed by atoms with Crippen LogP contribution >= 0.6 is 0 Å². The Bertz CT molecular complexity index is 459. The van der Waals surface area contributed by atoms with Crippen LogP contribution in [0.15, 0.2) is 30.3 Å². The van der Waals surface area contributed by atoms with Crippen molar-refractivity contribution in [2.75, 3.05) is 6.54 Å². The normalized spacial score (nSPS) is 32.6. The van der Waals surface area contributed by atoms with Crippen molar-refractivity contribution in [3.63, 3.8) is 0 Å². The fraction of sp³-hybridized carbons (Fsp3) is 0.588. The highest BCUT2D eigenvalue weighted by molar-refractivity contribution is 5.80. The third kappa shape index (κ3) is 2.88.